The quantitative estimate of drug-likeness (QED) is 0.503. The maximum absolute atomic E-state index is 14.4. The molecule has 0 saturated heterocycles. The van der Waals surface area contributed by atoms with Gasteiger partial charge >= 0.3 is 0 Å². The zero-order chi connectivity index (χ0) is 21.6. The van der Waals surface area contributed by atoms with Crippen molar-refractivity contribution in [1.29, 1.82) is 0 Å². The monoisotopic (exact) mass is 446 g/mol. The van der Waals surface area contributed by atoms with E-state index in [1.807, 2.05) is 25.1 Å². The normalized spacial score (nSPS) is 11.3. The van der Waals surface area contributed by atoms with E-state index in [1.165, 1.54) is 41.5 Å². The molecule has 30 heavy (non-hydrogen) atoms. The van der Waals surface area contributed by atoms with Crippen molar-refractivity contribution in [3.8, 4) is 0 Å². The lowest BCUT2D eigenvalue weighted by Gasteiger charge is -2.23. The number of thiophene rings is 1. The molecule has 8 heteroatoms. The Bertz CT molecular complexity index is 1100. The van der Waals surface area contributed by atoms with Crippen molar-refractivity contribution < 1.29 is 17.6 Å². The van der Waals surface area contributed by atoms with Crippen LogP contribution in [0.5, 0.6) is 0 Å². The van der Waals surface area contributed by atoms with Gasteiger partial charge in [0.25, 0.3) is 10.0 Å². The molecular weight excluding hydrogens is 423 g/mol. The summed E-state index contributed by atoms with van der Waals surface area (Å²) >= 11 is 1.02. The van der Waals surface area contributed by atoms with E-state index in [4.69, 9.17) is 0 Å². The Morgan fingerprint density at radius 1 is 1.10 bits per heavy atom. The number of benzene rings is 2. The number of anilines is 1. The van der Waals surface area contributed by atoms with Gasteiger partial charge in [-0.2, -0.15) is 0 Å². The van der Waals surface area contributed by atoms with Crippen molar-refractivity contribution in [2.24, 2.45) is 0 Å². The third-order valence-electron chi connectivity index (χ3n) is 4.49. The molecule has 0 aliphatic rings. The molecule has 5 nitrogen and oxygen atoms in total. The number of hydrogen-bond acceptors (Lipinski definition) is 4. The number of nitrogens with one attached hydrogen (secondary N) is 1. The summed E-state index contributed by atoms with van der Waals surface area (Å²) < 4.78 is 41.3. The molecule has 0 bridgehead atoms. The van der Waals surface area contributed by atoms with E-state index in [9.17, 15) is 17.6 Å². The van der Waals surface area contributed by atoms with Gasteiger partial charge in [0.1, 0.15) is 16.6 Å². The number of amides is 1. The van der Waals surface area contributed by atoms with E-state index in [-0.39, 0.29) is 9.90 Å². The molecule has 0 saturated carbocycles. The molecule has 1 heterocycles. The van der Waals surface area contributed by atoms with Gasteiger partial charge in [0.05, 0.1) is 5.69 Å². The highest BCUT2D eigenvalue weighted by Crippen LogP contribution is 2.28. The third-order valence-corrected chi connectivity index (χ3v) is 7.63. The van der Waals surface area contributed by atoms with Crippen LogP contribution in [0.2, 0.25) is 0 Å². The topological polar surface area (TPSA) is 66.5 Å². The predicted octanol–water partition coefficient (Wildman–Crippen LogP) is 4.14. The molecule has 1 aromatic heterocycles. The minimum absolute atomic E-state index is 0.0537. The van der Waals surface area contributed by atoms with Crippen molar-refractivity contribution in [1.82, 2.24) is 5.32 Å². The first kappa shape index (κ1) is 22.0. The maximum Gasteiger partial charge on any atom is 0.274 e. The highest BCUT2D eigenvalue weighted by atomic mass is 32.2. The molecule has 3 aromatic rings. The smallest absolute Gasteiger partial charge is 0.274 e. The Balaban J connectivity index is 1.67. The Morgan fingerprint density at radius 2 is 1.90 bits per heavy atom. The predicted molar refractivity (Wildman–Crippen MR) is 118 cm³/mol. The van der Waals surface area contributed by atoms with Crippen LogP contribution in [0.3, 0.4) is 0 Å². The van der Waals surface area contributed by atoms with Crippen LogP contribution in [0.4, 0.5) is 10.1 Å². The second-order valence-corrected chi connectivity index (χ2v) is 9.87. The SMILES string of the molecule is Cc1cccc(CCCNC(=O)CN(c2ccccc2F)S(=O)(=O)c2cccs2)c1. The number of carbonyl (C=O) groups excluding carboxylic acids is 1. The van der Waals surface area contributed by atoms with Crippen molar-refractivity contribution in [3.05, 3.63) is 83.0 Å². The number of hydrogen-bond donors (Lipinski definition) is 1. The average Bonchev–Trinajstić information content (AvgIpc) is 3.26. The molecule has 1 N–H and O–H groups in total. The van der Waals surface area contributed by atoms with Crippen molar-refractivity contribution in [2.75, 3.05) is 17.4 Å². The van der Waals surface area contributed by atoms with Gasteiger partial charge in [0.15, 0.2) is 0 Å². The summed E-state index contributed by atoms with van der Waals surface area (Å²) in [5, 5.41) is 4.36. The van der Waals surface area contributed by atoms with Crippen molar-refractivity contribution in [3.63, 3.8) is 0 Å². The van der Waals surface area contributed by atoms with Gasteiger partial charge in [-0.25, -0.2) is 12.8 Å². The van der Waals surface area contributed by atoms with Crippen LogP contribution >= 0.6 is 11.3 Å². The first-order valence-corrected chi connectivity index (χ1v) is 11.8. The first-order chi connectivity index (χ1) is 14.4. The van der Waals surface area contributed by atoms with Gasteiger partial charge in [0, 0.05) is 6.54 Å². The fraction of sp³-hybridized carbons (Fsp3) is 0.227. The van der Waals surface area contributed by atoms with Gasteiger partial charge < -0.3 is 5.32 Å². The van der Waals surface area contributed by atoms with Gasteiger partial charge in [-0.3, -0.25) is 9.10 Å². The van der Waals surface area contributed by atoms with Gasteiger partial charge in [-0.15, -0.1) is 11.3 Å². The number of nitrogens with zero attached hydrogens (tertiary/aromatic N) is 1. The standard InChI is InChI=1S/C22H23FN2O3S2/c1-17-7-4-8-18(15-17)9-5-13-24-21(26)16-25(20-11-3-2-10-19(20)23)30(27,28)22-12-6-14-29-22/h2-4,6-8,10-12,14-15H,5,9,13,16H2,1H3,(H,24,26). The molecular formula is C22H23FN2O3S2. The molecule has 0 radical (unpaired) electrons. The van der Waals surface area contributed by atoms with Crippen LogP contribution in [-0.2, 0) is 21.2 Å². The van der Waals surface area contributed by atoms with Gasteiger partial charge in [-0.05, 0) is 48.9 Å². The van der Waals surface area contributed by atoms with Crippen LogP contribution < -0.4 is 9.62 Å². The van der Waals surface area contributed by atoms with Crippen LogP contribution in [0, 0.1) is 12.7 Å². The molecule has 0 aliphatic carbocycles. The van der Waals surface area contributed by atoms with Crippen molar-refractivity contribution >= 4 is 33.0 Å². The summed E-state index contributed by atoms with van der Waals surface area (Å²) in [6.45, 7) is 1.93. The third kappa shape index (κ3) is 5.46. The second-order valence-electron chi connectivity index (χ2n) is 6.84. The van der Waals surface area contributed by atoms with E-state index < -0.39 is 28.3 Å². The lowest BCUT2D eigenvalue weighted by atomic mass is 10.1. The van der Waals surface area contributed by atoms with Crippen LogP contribution in [0.25, 0.3) is 0 Å². The number of rotatable bonds is 9. The van der Waals surface area contributed by atoms with E-state index >= 15 is 0 Å². The molecule has 2 aromatic carbocycles. The van der Waals surface area contributed by atoms with Crippen LogP contribution in [-0.4, -0.2) is 27.4 Å². The Hall–Kier alpha value is -2.71. The summed E-state index contributed by atoms with van der Waals surface area (Å²) in [5.74, 6) is -1.19. The number of para-hydroxylation sites is 1. The van der Waals surface area contributed by atoms with E-state index in [1.54, 1.807) is 11.4 Å². The maximum atomic E-state index is 14.4. The summed E-state index contributed by atoms with van der Waals surface area (Å²) in [5.41, 5.74) is 2.20. The molecule has 0 aliphatic heterocycles. The highest BCUT2D eigenvalue weighted by molar-refractivity contribution is 7.94. The average molecular weight is 447 g/mol. The number of sulfonamides is 1. The molecule has 0 unspecified atom stereocenters. The zero-order valence-corrected chi connectivity index (χ0v) is 18.2. The first-order valence-electron chi connectivity index (χ1n) is 9.51. The Kier molecular flexibility index (Phi) is 7.23. The van der Waals surface area contributed by atoms with E-state index in [0.717, 1.165) is 22.1 Å². The number of halogens is 1. The highest BCUT2D eigenvalue weighted by Gasteiger charge is 2.29. The van der Waals surface area contributed by atoms with E-state index in [0.29, 0.717) is 13.0 Å². The molecule has 3 rings (SSSR count). The summed E-state index contributed by atoms with van der Waals surface area (Å²) in [7, 11) is -4.06. The second kappa shape index (κ2) is 9.86. The van der Waals surface area contributed by atoms with Gasteiger partial charge in [0.2, 0.25) is 5.91 Å². The van der Waals surface area contributed by atoms with Crippen LogP contribution in [0.15, 0.2) is 70.3 Å². The lowest BCUT2D eigenvalue weighted by Crippen LogP contribution is -2.41. The molecule has 158 valence electrons. The zero-order valence-electron chi connectivity index (χ0n) is 16.5. The summed E-state index contributed by atoms with van der Waals surface area (Å²) in [6.07, 6.45) is 1.51. The molecule has 0 fully saturated rings. The van der Waals surface area contributed by atoms with Crippen molar-refractivity contribution in [2.45, 2.75) is 24.0 Å². The molecule has 1 amide bonds. The largest absolute Gasteiger partial charge is 0.355 e. The Labute approximate surface area is 180 Å². The summed E-state index contributed by atoms with van der Waals surface area (Å²) in [4.78, 5) is 12.5. The minimum Gasteiger partial charge on any atom is -0.355 e. The Morgan fingerprint density at radius 3 is 2.60 bits per heavy atom. The number of aryl methyl sites for hydroxylation is 2. The van der Waals surface area contributed by atoms with E-state index in [2.05, 4.69) is 11.4 Å². The fourth-order valence-electron chi connectivity index (χ4n) is 3.05. The number of carbonyl (C=O) groups is 1. The fourth-order valence-corrected chi connectivity index (χ4v) is 5.58. The minimum atomic E-state index is -4.06. The van der Waals surface area contributed by atoms with Crippen LogP contribution in [0.1, 0.15) is 17.5 Å². The lowest BCUT2D eigenvalue weighted by molar-refractivity contribution is -0.119. The summed E-state index contributed by atoms with van der Waals surface area (Å²) in [6, 6.07) is 16.7. The molecule has 0 atom stereocenters. The van der Waals surface area contributed by atoms with Gasteiger partial charge in [-0.1, -0.05) is 48.0 Å². The molecule has 0 spiro atoms.